The molecule has 0 N–H and O–H groups in total. The van der Waals surface area contributed by atoms with Crippen molar-refractivity contribution in [1.82, 2.24) is 4.90 Å². The summed E-state index contributed by atoms with van der Waals surface area (Å²) in [6, 6.07) is 4.91. The lowest BCUT2D eigenvalue weighted by Gasteiger charge is -2.36. The minimum atomic E-state index is -0.262. The molecule has 0 aromatic heterocycles. The Morgan fingerprint density at radius 1 is 1.43 bits per heavy atom. The van der Waals surface area contributed by atoms with Gasteiger partial charge in [0.2, 0.25) is 0 Å². The second kappa shape index (κ2) is 7.55. The molecule has 116 valence electrons. The highest BCUT2D eigenvalue weighted by Crippen LogP contribution is 2.23. The van der Waals surface area contributed by atoms with Crippen molar-refractivity contribution in [2.75, 3.05) is 20.3 Å². The molecule has 1 saturated heterocycles. The fraction of sp³-hybridized carbons (Fsp3) is 0.588. The Labute approximate surface area is 126 Å². The monoisotopic (exact) mass is 293 g/mol. The molecular weight excluding hydrogens is 269 g/mol. The number of piperidine rings is 1. The molecular formula is C17H24FNO2. The molecule has 21 heavy (non-hydrogen) atoms. The molecule has 0 bridgehead atoms. The van der Waals surface area contributed by atoms with Gasteiger partial charge in [-0.05, 0) is 62.8 Å². The first-order chi connectivity index (χ1) is 10.1. The number of hydrogen-bond donors (Lipinski definition) is 0. The molecule has 3 nitrogen and oxygen atoms in total. The van der Waals surface area contributed by atoms with E-state index >= 15 is 0 Å². The van der Waals surface area contributed by atoms with Crippen molar-refractivity contribution >= 4 is 5.91 Å². The van der Waals surface area contributed by atoms with E-state index in [0.29, 0.717) is 11.1 Å². The second-order valence-electron chi connectivity index (χ2n) is 5.75. The number of halogens is 1. The zero-order valence-electron chi connectivity index (χ0n) is 12.9. The van der Waals surface area contributed by atoms with Gasteiger partial charge in [0.05, 0.1) is 0 Å². The number of carbonyl (C=O) groups excluding carboxylic acids is 1. The molecule has 1 aromatic carbocycles. The van der Waals surface area contributed by atoms with Gasteiger partial charge in [-0.1, -0.05) is 0 Å². The van der Waals surface area contributed by atoms with Crippen molar-refractivity contribution in [2.45, 2.75) is 45.1 Å². The summed E-state index contributed by atoms with van der Waals surface area (Å²) < 4.78 is 18.4. The summed E-state index contributed by atoms with van der Waals surface area (Å²) in [6.07, 6.45) is 5.21. The molecule has 1 atom stereocenters. The third kappa shape index (κ3) is 4.03. The Hall–Kier alpha value is -1.42. The van der Waals surface area contributed by atoms with E-state index in [2.05, 4.69) is 0 Å². The molecule has 0 aliphatic carbocycles. The van der Waals surface area contributed by atoms with E-state index in [-0.39, 0.29) is 17.8 Å². The highest BCUT2D eigenvalue weighted by molar-refractivity contribution is 5.94. The van der Waals surface area contributed by atoms with Crippen LogP contribution < -0.4 is 0 Å². The number of aryl methyl sites for hydroxylation is 1. The first-order valence-electron chi connectivity index (χ1n) is 7.69. The molecule has 4 heteroatoms. The Kier molecular flexibility index (Phi) is 5.74. The lowest BCUT2D eigenvalue weighted by molar-refractivity contribution is 0.0585. The Morgan fingerprint density at radius 3 is 2.95 bits per heavy atom. The number of benzene rings is 1. The SMILES string of the molecule is COCCCC1CCCCN1C(=O)c1ccc(F)c(C)c1. The molecule has 2 rings (SSSR count). The van der Waals surface area contributed by atoms with Crippen LogP contribution in [0.3, 0.4) is 0 Å². The predicted octanol–water partition coefficient (Wildman–Crippen LogP) is 3.56. The number of amides is 1. The van der Waals surface area contributed by atoms with Gasteiger partial charge in [-0.2, -0.15) is 0 Å². The van der Waals surface area contributed by atoms with Crippen LogP contribution in [-0.2, 0) is 4.74 Å². The number of rotatable bonds is 5. The molecule has 1 aromatic rings. The van der Waals surface area contributed by atoms with E-state index in [1.807, 2.05) is 4.90 Å². The molecule has 0 spiro atoms. The van der Waals surface area contributed by atoms with Crippen molar-refractivity contribution < 1.29 is 13.9 Å². The number of hydrogen-bond acceptors (Lipinski definition) is 2. The van der Waals surface area contributed by atoms with E-state index in [1.165, 1.54) is 12.5 Å². The highest BCUT2D eigenvalue weighted by Gasteiger charge is 2.27. The summed E-state index contributed by atoms with van der Waals surface area (Å²) in [6.45, 7) is 3.22. The van der Waals surface area contributed by atoms with Gasteiger partial charge < -0.3 is 9.64 Å². The summed E-state index contributed by atoms with van der Waals surface area (Å²) in [4.78, 5) is 14.6. The van der Waals surface area contributed by atoms with E-state index in [4.69, 9.17) is 4.74 Å². The average molecular weight is 293 g/mol. The van der Waals surface area contributed by atoms with Gasteiger partial charge >= 0.3 is 0 Å². The fourth-order valence-corrected chi connectivity index (χ4v) is 2.97. The first-order valence-corrected chi connectivity index (χ1v) is 7.69. The quantitative estimate of drug-likeness (QED) is 0.777. The first kappa shape index (κ1) is 16.0. The summed E-state index contributed by atoms with van der Waals surface area (Å²) in [7, 11) is 1.70. The lowest BCUT2D eigenvalue weighted by atomic mass is 9.96. The van der Waals surface area contributed by atoms with Crippen molar-refractivity contribution in [3.05, 3.63) is 35.1 Å². The largest absolute Gasteiger partial charge is 0.385 e. The van der Waals surface area contributed by atoms with Crippen LogP contribution in [0.15, 0.2) is 18.2 Å². The minimum absolute atomic E-state index is 0.0280. The summed E-state index contributed by atoms with van der Waals surface area (Å²) in [5.74, 6) is -0.234. The van der Waals surface area contributed by atoms with Crippen LogP contribution in [0, 0.1) is 12.7 Å². The standard InChI is InChI=1S/C17H24FNO2/c1-13-12-14(8-9-16(13)18)17(20)19-10-4-3-6-15(19)7-5-11-21-2/h8-9,12,15H,3-7,10-11H2,1-2H3. The van der Waals surface area contributed by atoms with Crippen molar-refractivity contribution in [3.63, 3.8) is 0 Å². The van der Waals surface area contributed by atoms with Crippen LogP contribution in [-0.4, -0.2) is 37.1 Å². The van der Waals surface area contributed by atoms with Gasteiger partial charge in [-0.3, -0.25) is 4.79 Å². The van der Waals surface area contributed by atoms with E-state index in [1.54, 1.807) is 26.2 Å². The van der Waals surface area contributed by atoms with Gasteiger partial charge in [-0.25, -0.2) is 4.39 Å². The fourth-order valence-electron chi connectivity index (χ4n) is 2.97. The Bertz CT molecular complexity index is 490. The van der Waals surface area contributed by atoms with Crippen LogP contribution in [0.4, 0.5) is 4.39 Å². The van der Waals surface area contributed by atoms with Crippen molar-refractivity contribution in [3.8, 4) is 0 Å². The predicted molar refractivity (Wildman–Crippen MR) is 80.9 cm³/mol. The van der Waals surface area contributed by atoms with Gasteiger partial charge in [0.1, 0.15) is 5.82 Å². The molecule has 1 aliphatic heterocycles. The van der Waals surface area contributed by atoms with Crippen LogP contribution in [0.2, 0.25) is 0 Å². The number of methoxy groups -OCH3 is 1. The molecule has 1 aliphatic rings. The Morgan fingerprint density at radius 2 is 2.24 bits per heavy atom. The summed E-state index contributed by atoms with van der Waals surface area (Å²) in [5, 5.41) is 0. The molecule has 0 saturated carbocycles. The average Bonchev–Trinajstić information content (AvgIpc) is 2.50. The number of ether oxygens (including phenoxy) is 1. The summed E-state index contributed by atoms with van der Waals surface area (Å²) >= 11 is 0. The van der Waals surface area contributed by atoms with Gasteiger partial charge in [0.15, 0.2) is 0 Å². The highest BCUT2D eigenvalue weighted by atomic mass is 19.1. The number of carbonyl (C=O) groups is 1. The van der Waals surface area contributed by atoms with Crippen molar-refractivity contribution in [1.29, 1.82) is 0 Å². The molecule has 1 heterocycles. The topological polar surface area (TPSA) is 29.5 Å². The van der Waals surface area contributed by atoms with Crippen molar-refractivity contribution in [2.24, 2.45) is 0 Å². The van der Waals surface area contributed by atoms with Crippen LogP contribution in [0.5, 0.6) is 0 Å². The number of likely N-dealkylation sites (tertiary alicyclic amines) is 1. The molecule has 1 amide bonds. The van der Waals surface area contributed by atoms with Gasteiger partial charge in [0.25, 0.3) is 5.91 Å². The van der Waals surface area contributed by atoms with Crippen LogP contribution in [0.25, 0.3) is 0 Å². The van der Waals surface area contributed by atoms with E-state index in [0.717, 1.165) is 38.8 Å². The third-order valence-corrected chi connectivity index (χ3v) is 4.18. The molecule has 0 radical (unpaired) electrons. The maximum Gasteiger partial charge on any atom is 0.254 e. The maximum atomic E-state index is 13.3. The zero-order valence-corrected chi connectivity index (χ0v) is 12.9. The van der Waals surface area contributed by atoms with E-state index in [9.17, 15) is 9.18 Å². The minimum Gasteiger partial charge on any atom is -0.385 e. The summed E-state index contributed by atoms with van der Waals surface area (Å²) in [5.41, 5.74) is 1.11. The smallest absolute Gasteiger partial charge is 0.254 e. The maximum absolute atomic E-state index is 13.3. The van der Waals surface area contributed by atoms with E-state index < -0.39 is 0 Å². The Balaban J connectivity index is 2.08. The van der Waals surface area contributed by atoms with Gasteiger partial charge in [0, 0.05) is 31.9 Å². The second-order valence-corrected chi connectivity index (χ2v) is 5.75. The molecule has 1 fully saturated rings. The number of nitrogens with zero attached hydrogens (tertiary/aromatic N) is 1. The third-order valence-electron chi connectivity index (χ3n) is 4.18. The molecule has 1 unspecified atom stereocenters. The van der Waals surface area contributed by atoms with Crippen LogP contribution >= 0.6 is 0 Å². The normalized spacial score (nSPS) is 18.8. The lowest BCUT2D eigenvalue weighted by Crippen LogP contribution is -2.43. The zero-order chi connectivity index (χ0) is 15.2. The van der Waals surface area contributed by atoms with Crippen LogP contribution in [0.1, 0.15) is 48.0 Å². The van der Waals surface area contributed by atoms with Gasteiger partial charge in [-0.15, -0.1) is 0 Å².